The van der Waals surface area contributed by atoms with Gasteiger partial charge in [-0.1, -0.05) is 23.7 Å². The molecule has 1 aromatic carbocycles. The Hall–Kier alpha value is -2.34. The Morgan fingerprint density at radius 1 is 1.30 bits per heavy atom. The van der Waals surface area contributed by atoms with E-state index in [1.807, 2.05) is 31.2 Å². The number of methoxy groups -OCH3 is 1. The zero-order chi connectivity index (χ0) is 14.1. The van der Waals surface area contributed by atoms with Crippen LogP contribution >= 0.6 is 11.6 Å². The minimum Gasteiger partial charge on any atom is -0.495 e. The van der Waals surface area contributed by atoms with Gasteiger partial charge in [0, 0.05) is 5.56 Å². The Bertz CT molecular complexity index is 771. The van der Waals surface area contributed by atoms with Crippen LogP contribution in [0.1, 0.15) is 5.56 Å². The molecule has 7 heteroatoms. The summed E-state index contributed by atoms with van der Waals surface area (Å²) in [4.78, 5) is 8.21. The standard InChI is InChI=1S/C13H12ClN5O/c1-8-11(14)18-13-15-7-16-19(13)12(8)17-9-5-3-4-6-10(9)20-2/h3-7,17H,1-2H3. The van der Waals surface area contributed by atoms with Gasteiger partial charge < -0.3 is 10.1 Å². The fraction of sp³-hybridized carbons (Fsp3) is 0.154. The summed E-state index contributed by atoms with van der Waals surface area (Å²) in [6.45, 7) is 1.87. The number of halogens is 1. The van der Waals surface area contributed by atoms with Crippen molar-refractivity contribution < 1.29 is 4.74 Å². The Balaban J connectivity index is 2.15. The van der Waals surface area contributed by atoms with Crippen molar-refractivity contribution in [3.05, 3.63) is 41.3 Å². The molecule has 0 fully saturated rings. The molecule has 1 N–H and O–H groups in total. The maximum absolute atomic E-state index is 6.13. The first kappa shape index (κ1) is 12.7. The van der Waals surface area contributed by atoms with E-state index in [9.17, 15) is 0 Å². The normalized spacial score (nSPS) is 10.8. The van der Waals surface area contributed by atoms with Crippen LogP contribution in [-0.4, -0.2) is 26.7 Å². The zero-order valence-corrected chi connectivity index (χ0v) is 11.7. The van der Waals surface area contributed by atoms with Gasteiger partial charge in [0.05, 0.1) is 12.8 Å². The SMILES string of the molecule is COc1ccccc1Nc1c(C)c(Cl)nc2ncnn12. The van der Waals surface area contributed by atoms with Crippen molar-refractivity contribution in [3.63, 3.8) is 0 Å². The highest BCUT2D eigenvalue weighted by Gasteiger charge is 2.13. The Morgan fingerprint density at radius 3 is 2.90 bits per heavy atom. The summed E-state index contributed by atoms with van der Waals surface area (Å²) in [5.41, 5.74) is 1.60. The number of aromatic nitrogens is 4. The first-order valence-electron chi connectivity index (χ1n) is 5.96. The molecule has 102 valence electrons. The van der Waals surface area contributed by atoms with E-state index in [1.165, 1.54) is 6.33 Å². The Morgan fingerprint density at radius 2 is 2.10 bits per heavy atom. The Labute approximate surface area is 120 Å². The molecule has 0 aliphatic carbocycles. The molecule has 0 bridgehead atoms. The van der Waals surface area contributed by atoms with Crippen molar-refractivity contribution in [2.75, 3.05) is 12.4 Å². The van der Waals surface area contributed by atoms with E-state index in [2.05, 4.69) is 20.4 Å². The number of hydrogen-bond acceptors (Lipinski definition) is 5. The van der Waals surface area contributed by atoms with Crippen molar-refractivity contribution in [2.24, 2.45) is 0 Å². The van der Waals surface area contributed by atoms with Crippen molar-refractivity contribution in [1.82, 2.24) is 19.6 Å². The van der Waals surface area contributed by atoms with Crippen LogP contribution in [0.5, 0.6) is 5.75 Å². The molecule has 0 unspecified atom stereocenters. The molecule has 0 aliphatic rings. The third kappa shape index (κ3) is 2.04. The molecule has 2 aromatic heterocycles. The molecule has 0 aliphatic heterocycles. The van der Waals surface area contributed by atoms with E-state index in [0.717, 1.165) is 17.0 Å². The van der Waals surface area contributed by atoms with Crippen molar-refractivity contribution in [1.29, 1.82) is 0 Å². The van der Waals surface area contributed by atoms with Gasteiger partial charge >= 0.3 is 0 Å². The molecule has 0 saturated heterocycles. The molecule has 0 spiro atoms. The van der Waals surface area contributed by atoms with Crippen LogP contribution < -0.4 is 10.1 Å². The molecular weight excluding hydrogens is 278 g/mol. The second-order valence-corrected chi connectivity index (χ2v) is 4.53. The van der Waals surface area contributed by atoms with Crippen LogP contribution in [0.25, 0.3) is 5.78 Å². The van der Waals surface area contributed by atoms with Gasteiger partial charge in [-0.15, -0.1) is 0 Å². The van der Waals surface area contributed by atoms with Gasteiger partial charge in [-0.2, -0.15) is 19.6 Å². The topological polar surface area (TPSA) is 64.3 Å². The lowest BCUT2D eigenvalue weighted by Crippen LogP contribution is -2.05. The molecule has 0 saturated carbocycles. The third-order valence-corrected chi connectivity index (χ3v) is 3.33. The summed E-state index contributed by atoms with van der Waals surface area (Å²) < 4.78 is 6.93. The molecule has 3 aromatic rings. The third-order valence-electron chi connectivity index (χ3n) is 2.96. The average Bonchev–Trinajstić information content (AvgIpc) is 2.92. The number of anilines is 2. The van der Waals surface area contributed by atoms with E-state index in [0.29, 0.717) is 16.7 Å². The largest absolute Gasteiger partial charge is 0.495 e. The molecular formula is C13H12ClN5O. The summed E-state index contributed by atoms with van der Waals surface area (Å²) >= 11 is 6.13. The summed E-state index contributed by atoms with van der Waals surface area (Å²) in [7, 11) is 1.62. The number of nitrogens with zero attached hydrogens (tertiary/aromatic N) is 4. The number of fused-ring (bicyclic) bond motifs is 1. The minimum atomic E-state index is 0.392. The molecule has 0 radical (unpaired) electrons. The number of benzene rings is 1. The van der Waals surface area contributed by atoms with Gasteiger partial charge in [0.25, 0.3) is 5.78 Å². The first-order chi connectivity index (χ1) is 9.70. The zero-order valence-electron chi connectivity index (χ0n) is 11.0. The van der Waals surface area contributed by atoms with Gasteiger partial charge in [-0.3, -0.25) is 0 Å². The van der Waals surface area contributed by atoms with Crippen molar-refractivity contribution in [2.45, 2.75) is 6.92 Å². The summed E-state index contributed by atoms with van der Waals surface area (Å²) in [5, 5.41) is 7.82. The molecule has 2 heterocycles. The second-order valence-electron chi connectivity index (χ2n) is 4.17. The lowest BCUT2D eigenvalue weighted by Gasteiger charge is -2.14. The molecule has 3 rings (SSSR count). The number of hydrogen-bond donors (Lipinski definition) is 1. The van der Waals surface area contributed by atoms with E-state index >= 15 is 0 Å². The highest BCUT2D eigenvalue weighted by molar-refractivity contribution is 6.30. The number of nitrogens with one attached hydrogen (secondary N) is 1. The van der Waals surface area contributed by atoms with Crippen LogP contribution in [0.15, 0.2) is 30.6 Å². The smallest absolute Gasteiger partial charge is 0.255 e. The monoisotopic (exact) mass is 289 g/mol. The summed E-state index contributed by atoms with van der Waals surface area (Å²) in [6, 6.07) is 7.61. The van der Waals surface area contributed by atoms with Gasteiger partial charge in [-0.05, 0) is 19.1 Å². The summed E-state index contributed by atoms with van der Waals surface area (Å²) in [5.74, 6) is 1.88. The predicted octanol–water partition coefficient (Wildman–Crippen LogP) is 2.84. The molecule has 20 heavy (non-hydrogen) atoms. The van der Waals surface area contributed by atoms with Gasteiger partial charge in [0.2, 0.25) is 0 Å². The molecule has 6 nitrogen and oxygen atoms in total. The fourth-order valence-electron chi connectivity index (χ4n) is 1.92. The maximum Gasteiger partial charge on any atom is 0.255 e. The fourth-order valence-corrected chi connectivity index (χ4v) is 2.08. The number of para-hydroxylation sites is 2. The lowest BCUT2D eigenvalue weighted by molar-refractivity contribution is 0.417. The number of ether oxygens (including phenoxy) is 1. The lowest BCUT2D eigenvalue weighted by atomic mass is 10.2. The second kappa shape index (κ2) is 4.97. The quantitative estimate of drug-likeness (QED) is 0.751. The van der Waals surface area contributed by atoms with E-state index in [4.69, 9.17) is 16.3 Å². The van der Waals surface area contributed by atoms with Crippen LogP contribution in [0.2, 0.25) is 5.15 Å². The average molecular weight is 290 g/mol. The van der Waals surface area contributed by atoms with E-state index in [-0.39, 0.29) is 0 Å². The van der Waals surface area contributed by atoms with Crippen molar-refractivity contribution >= 4 is 28.9 Å². The van der Waals surface area contributed by atoms with Crippen LogP contribution in [-0.2, 0) is 0 Å². The van der Waals surface area contributed by atoms with E-state index < -0.39 is 0 Å². The van der Waals surface area contributed by atoms with Gasteiger partial charge in [-0.25, -0.2) is 0 Å². The van der Waals surface area contributed by atoms with Crippen LogP contribution in [0.3, 0.4) is 0 Å². The highest BCUT2D eigenvalue weighted by Crippen LogP contribution is 2.30. The van der Waals surface area contributed by atoms with Gasteiger partial charge in [0.15, 0.2) is 0 Å². The highest BCUT2D eigenvalue weighted by atomic mass is 35.5. The Kier molecular flexibility index (Phi) is 3.15. The predicted molar refractivity (Wildman–Crippen MR) is 76.8 cm³/mol. The maximum atomic E-state index is 6.13. The molecule has 0 amide bonds. The van der Waals surface area contributed by atoms with Gasteiger partial charge in [0.1, 0.15) is 23.0 Å². The van der Waals surface area contributed by atoms with Crippen LogP contribution in [0, 0.1) is 6.92 Å². The van der Waals surface area contributed by atoms with Crippen molar-refractivity contribution in [3.8, 4) is 5.75 Å². The first-order valence-corrected chi connectivity index (χ1v) is 6.34. The molecule has 0 atom stereocenters. The minimum absolute atomic E-state index is 0.392. The number of rotatable bonds is 3. The van der Waals surface area contributed by atoms with E-state index in [1.54, 1.807) is 11.6 Å². The van der Waals surface area contributed by atoms with Crippen LogP contribution in [0.4, 0.5) is 11.5 Å². The summed E-state index contributed by atoms with van der Waals surface area (Å²) in [6.07, 6.45) is 1.44.